The van der Waals surface area contributed by atoms with Crippen LogP contribution in [0.3, 0.4) is 0 Å². The van der Waals surface area contributed by atoms with Crippen LogP contribution in [-0.2, 0) is 0 Å². The lowest BCUT2D eigenvalue weighted by atomic mass is 10.1. The Bertz CT molecular complexity index is 404. The van der Waals surface area contributed by atoms with E-state index >= 15 is 0 Å². The van der Waals surface area contributed by atoms with E-state index in [0.29, 0.717) is 24.6 Å². The molecule has 1 aromatic heterocycles. The first-order valence-electron chi connectivity index (χ1n) is 5.85. The minimum Gasteiger partial charge on any atom is -0.341 e. The number of amides is 1. The van der Waals surface area contributed by atoms with Gasteiger partial charge in [-0.3, -0.25) is 9.78 Å². The molecule has 0 saturated heterocycles. The van der Waals surface area contributed by atoms with Crippen molar-refractivity contribution in [1.82, 2.24) is 9.88 Å². The zero-order valence-electron chi connectivity index (χ0n) is 11.0. The Kier molecular flexibility index (Phi) is 4.63. The Balaban J connectivity index is 2.81. The van der Waals surface area contributed by atoms with Crippen molar-refractivity contribution in [2.75, 3.05) is 20.1 Å². The van der Waals surface area contributed by atoms with Gasteiger partial charge in [-0.1, -0.05) is 6.92 Å². The topological polar surface area (TPSA) is 59.2 Å². The SMILES string of the molecule is Cc1ccc(C(=O)N(C)CC(C)CN)c(C)n1. The third kappa shape index (κ3) is 3.53. The zero-order chi connectivity index (χ0) is 13.0. The number of nitrogens with two attached hydrogens (primary N) is 1. The van der Waals surface area contributed by atoms with Crippen molar-refractivity contribution in [3.8, 4) is 0 Å². The van der Waals surface area contributed by atoms with Gasteiger partial charge in [0.1, 0.15) is 0 Å². The number of pyridine rings is 1. The third-order valence-electron chi connectivity index (χ3n) is 2.79. The Morgan fingerprint density at radius 1 is 1.47 bits per heavy atom. The summed E-state index contributed by atoms with van der Waals surface area (Å²) in [6.45, 7) is 7.07. The van der Waals surface area contributed by atoms with Gasteiger partial charge in [0, 0.05) is 19.3 Å². The van der Waals surface area contributed by atoms with Crippen LogP contribution in [0.1, 0.15) is 28.7 Å². The maximum Gasteiger partial charge on any atom is 0.255 e. The molecule has 1 unspecified atom stereocenters. The van der Waals surface area contributed by atoms with Gasteiger partial charge in [-0.25, -0.2) is 0 Å². The molecule has 0 aliphatic carbocycles. The number of carbonyl (C=O) groups is 1. The molecule has 0 radical (unpaired) electrons. The molecular formula is C13H21N3O. The van der Waals surface area contributed by atoms with Crippen LogP contribution in [-0.4, -0.2) is 35.9 Å². The quantitative estimate of drug-likeness (QED) is 0.857. The van der Waals surface area contributed by atoms with Gasteiger partial charge in [0.2, 0.25) is 0 Å². The van der Waals surface area contributed by atoms with Gasteiger partial charge in [0.15, 0.2) is 0 Å². The van der Waals surface area contributed by atoms with Gasteiger partial charge in [0.05, 0.1) is 11.3 Å². The number of rotatable bonds is 4. The maximum atomic E-state index is 12.2. The number of hydrogen-bond donors (Lipinski definition) is 1. The van der Waals surface area contributed by atoms with E-state index < -0.39 is 0 Å². The normalized spacial score (nSPS) is 12.3. The number of aromatic nitrogens is 1. The van der Waals surface area contributed by atoms with Crippen LogP contribution in [0.4, 0.5) is 0 Å². The molecule has 4 nitrogen and oxygen atoms in total. The van der Waals surface area contributed by atoms with Gasteiger partial charge in [-0.2, -0.15) is 0 Å². The molecule has 1 heterocycles. The molecule has 0 aliphatic heterocycles. The summed E-state index contributed by atoms with van der Waals surface area (Å²) >= 11 is 0. The fraction of sp³-hybridized carbons (Fsp3) is 0.538. The predicted octanol–water partition coefficient (Wildman–Crippen LogP) is 1.37. The number of aryl methyl sites for hydroxylation is 2. The molecule has 1 aromatic rings. The molecule has 0 bridgehead atoms. The van der Waals surface area contributed by atoms with E-state index in [0.717, 1.165) is 11.4 Å². The molecule has 94 valence electrons. The molecule has 0 saturated carbocycles. The molecular weight excluding hydrogens is 214 g/mol. The Morgan fingerprint density at radius 2 is 2.12 bits per heavy atom. The fourth-order valence-corrected chi connectivity index (χ4v) is 1.74. The van der Waals surface area contributed by atoms with E-state index in [1.165, 1.54) is 0 Å². The fourth-order valence-electron chi connectivity index (χ4n) is 1.74. The molecule has 2 N–H and O–H groups in total. The summed E-state index contributed by atoms with van der Waals surface area (Å²) < 4.78 is 0. The van der Waals surface area contributed by atoms with Gasteiger partial charge in [-0.05, 0) is 38.4 Å². The van der Waals surface area contributed by atoms with Gasteiger partial charge < -0.3 is 10.6 Å². The van der Waals surface area contributed by atoms with Crippen LogP contribution in [0.2, 0.25) is 0 Å². The van der Waals surface area contributed by atoms with Crippen LogP contribution in [0.25, 0.3) is 0 Å². The molecule has 0 spiro atoms. The Labute approximate surface area is 103 Å². The zero-order valence-corrected chi connectivity index (χ0v) is 11.0. The molecule has 0 aromatic carbocycles. The van der Waals surface area contributed by atoms with Crippen molar-refractivity contribution < 1.29 is 4.79 Å². The van der Waals surface area contributed by atoms with Crippen LogP contribution < -0.4 is 5.73 Å². The second-order valence-electron chi connectivity index (χ2n) is 4.61. The smallest absolute Gasteiger partial charge is 0.255 e. The van der Waals surface area contributed by atoms with Gasteiger partial charge in [0.25, 0.3) is 5.91 Å². The molecule has 1 atom stereocenters. The highest BCUT2D eigenvalue weighted by Gasteiger charge is 2.16. The van der Waals surface area contributed by atoms with Crippen molar-refractivity contribution in [3.63, 3.8) is 0 Å². The summed E-state index contributed by atoms with van der Waals surface area (Å²) in [4.78, 5) is 18.2. The van der Waals surface area contributed by atoms with Crippen molar-refractivity contribution in [2.24, 2.45) is 11.7 Å². The third-order valence-corrected chi connectivity index (χ3v) is 2.79. The van der Waals surface area contributed by atoms with E-state index in [4.69, 9.17) is 5.73 Å². The average molecular weight is 235 g/mol. The molecule has 0 fully saturated rings. The minimum atomic E-state index is 0.00954. The minimum absolute atomic E-state index is 0.00954. The van der Waals surface area contributed by atoms with Crippen molar-refractivity contribution in [3.05, 3.63) is 29.1 Å². The molecule has 4 heteroatoms. The van der Waals surface area contributed by atoms with Crippen molar-refractivity contribution >= 4 is 5.91 Å². The summed E-state index contributed by atoms with van der Waals surface area (Å²) in [5, 5.41) is 0. The van der Waals surface area contributed by atoms with E-state index in [1.807, 2.05) is 32.9 Å². The molecule has 1 rings (SSSR count). The van der Waals surface area contributed by atoms with E-state index in [-0.39, 0.29) is 5.91 Å². The highest BCUT2D eigenvalue weighted by Crippen LogP contribution is 2.10. The van der Waals surface area contributed by atoms with Gasteiger partial charge in [-0.15, -0.1) is 0 Å². The van der Waals surface area contributed by atoms with Gasteiger partial charge >= 0.3 is 0 Å². The first-order valence-corrected chi connectivity index (χ1v) is 5.85. The first-order chi connectivity index (χ1) is 7.95. The molecule has 17 heavy (non-hydrogen) atoms. The Morgan fingerprint density at radius 3 is 2.65 bits per heavy atom. The predicted molar refractivity (Wildman–Crippen MR) is 68.9 cm³/mol. The molecule has 0 aliphatic rings. The van der Waals surface area contributed by atoms with Crippen molar-refractivity contribution in [1.29, 1.82) is 0 Å². The second-order valence-corrected chi connectivity index (χ2v) is 4.61. The summed E-state index contributed by atoms with van der Waals surface area (Å²) in [7, 11) is 1.80. The lowest BCUT2D eigenvalue weighted by molar-refractivity contribution is 0.0776. The van der Waals surface area contributed by atoms with E-state index in [1.54, 1.807) is 11.9 Å². The highest BCUT2D eigenvalue weighted by molar-refractivity contribution is 5.95. The Hall–Kier alpha value is -1.42. The number of carbonyl (C=O) groups excluding carboxylic acids is 1. The maximum absolute atomic E-state index is 12.2. The largest absolute Gasteiger partial charge is 0.341 e. The average Bonchev–Trinajstić information content (AvgIpc) is 2.28. The van der Waals surface area contributed by atoms with Crippen molar-refractivity contribution in [2.45, 2.75) is 20.8 Å². The van der Waals surface area contributed by atoms with Crippen LogP contribution in [0.15, 0.2) is 12.1 Å². The monoisotopic (exact) mass is 235 g/mol. The standard InChI is InChI=1S/C13H21N3O/c1-9(7-14)8-16(4)13(17)12-6-5-10(2)15-11(12)3/h5-6,9H,7-8,14H2,1-4H3. The second kappa shape index (κ2) is 5.77. The molecule has 1 amide bonds. The number of nitrogens with zero attached hydrogens (tertiary/aromatic N) is 2. The number of hydrogen-bond acceptors (Lipinski definition) is 3. The highest BCUT2D eigenvalue weighted by atomic mass is 16.2. The lowest BCUT2D eigenvalue weighted by Gasteiger charge is -2.21. The van der Waals surface area contributed by atoms with E-state index in [2.05, 4.69) is 4.98 Å². The van der Waals surface area contributed by atoms with E-state index in [9.17, 15) is 4.79 Å². The summed E-state index contributed by atoms with van der Waals surface area (Å²) in [6.07, 6.45) is 0. The van der Waals surface area contributed by atoms with Crippen LogP contribution in [0.5, 0.6) is 0 Å². The summed E-state index contributed by atoms with van der Waals surface area (Å²) in [5.41, 5.74) is 7.94. The lowest BCUT2D eigenvalue weighted by Crippen LogP contribution is -2.34. The first kappa shape index (κ1) is 13.6. The summed E-state index contributed by atoms with van der Waals surface area (Å²) in [6, 6.07) is 3.70. The van der Waals surface area contributed by atoms with Crippen LogP contribution in [0, 0.1) is 19.8 Å². The van der Waals surface area contributed by atoms with Crippen LogP contribution >= 0.6 is 0 Å². The summed E-state index contributed by atoms with van der Waals surface area (Å²) in [5.74, 6) is 0.318.